The van der Waals surface area contributed by atoms with Gasteiger partial charge < -0.3 is 19.5 Å². The molecule has 3 heterocycles. The van der Waals surface area contributed by atoms with E-state index >= 15 is 0 Å². The number of carbonyl (C=O) groups excluding carboxylic acids is 2. The molecule has 3 aromatic rings. The van der Waals surface area contributed by atoms with Crippen molar-refractivity contribution in [3.63, 3.8) is 0 Å². The molecule has 0 aliphatic carbocycles. The van der Waals surface area contributed by atoms with Crippen molar-refractivity contribution in [2.24, 2.45) is 0 Å². The summed E-state index contributed by atoms with van der Waals surface area (Å²) in [6.45, 7) is 7.04. The molecule has 1 saturated heterocycles. The molecule has 3 atom stereocenters. The summed E-state index contributed by atoms with van der Waals surface area (Å²) in [4.78, 5) is 33.4. The van der Waals surface area contributed by atoms with Gasteiger partial charge in [-0.3, -0.25) is 9.59 Å². The fourth-order valence-electron chi connectivity index (χ4n) is 5.38. The lowest BCUT2D eigenvalue weighted by Gasteiger charge is -2.46. The molecule has 1 aromatic heterocycles. The van der Waals surface area contributed by atoms with Crippen LogP contribution in [0.4, 0.5) is 0 Å². The predicted molar refractivity (Wildman–Crippen MR) is 128 cm³/mol. The zero-order valence-electron chi connectivity index (χ0n) is 19.7. The Hall–Kier alpha value is -3.28. The number of nitrogens with zero attached hydrogens (tertiary/aromatic N) is 2. The summed E-state index contributed by atoms with van der Waals surface area (Å²) in [5, 5.41) is 1.12. The molecular weight excluding hydrogens is 414 g/mol. The lowest BCUT2D eigenvalue weighted by molar-refractivity contribution is -0.157. The Morgan fingerprint density at radius 1 is 1.15 bits per heavy atom. The van der Waals surface area contributed by atoms with Crippen molar-refractivity contribution in [1.29, 1.82) is 0 Å². The van der Waals surface area contributed by atoms with Gasteiger partial charge >= 0.3 is 0 Å². The Morgan fingerprint density at radius 3 is 2.70 bits per heavy atom. The van der Waals surface area contributed by atoms with E-state index in [0.717, 1.165) is 39.9 Å². The highest BCUT2D eigenvalue weighted by Crippen LogP contribution is 2.44. The minimum atomic E-state index is -0.502. The number of hydrogen-bond acceptors (Lipinski definition) is 3. The first-order valence-corrected chi connectivity index (χ1v) is 11.9. The van der Waals surface area contributed by atoms with Crippen molar-refractivity contribution >= 4 is 22.7 Å². The van der Waals surface area contributed by atoms with E-state index in [0.29, 0.717) is 18.9 Å². The number of aromatic amines is 1. The number of benzene rings is 2. The van der Waals surface area contributed by atoms with Gasteiger partial charge in [-0.2, -0.15) is 0 Å². The van der Waals surface area contributed by atoms with Crippen LogP contribution in [0.3, 0.4) is 0 Å². The van der Waals surface area contributed by atoms with Crippen LogP contribution in [0.25, 0.3) is 10.9 Å². The van der Waals surface area contributed by atoms with Gasteiger partial charge in [0, 0.05) is 30.1 Å². The second kappa shape index (κ2) is 8.25. The van der Waals surface area contributed by atoms with Gasteiger partial charge in [-0.25, -0.2) is 0 Å². The SMILES string of the molecule is CCOc1cc(C2c3[nH]c4ccccc4c3CC3C(=O)N(C)CC(=O)N32)ccc1C(C)CC. The first-order valence-electron chi connectivity index (χ1n) is 11.9. The molecule has 0 spiro atoms. The molecule has 2 amide bonds. The summed E-state index contributed by atoms with van der Waals surface area (Å²) < 4.78 is 6.05. The van der Waals surface area contributed by atoms with Gasteiger partial charge in [0.2, 0.25) is 11.8 Å². The van der Waals surface area contributed by atoms with Gasteiger partial charge in [0.25, 0.3) is 0 Å². The van der Waals surface area contributed by atoms with Gasteiger partial charge in [-0.15, -0.1) is 0 Å². The monoisotopic (exact) mass is 445 g/mol. The van der Waals surface area contributed by atoms with Crippen molar-refractivity contribution in [2.75, 3.05) is 20.2 Å². The van der Waals surface area contributed by atoms with E-state index in [4.69, 9.17) is 4.74 Å². The Morgan fingerprint density at radius 2 is 1.94 bits per heavy atom. The summed E-state index contributed by atoms with van der Waals surface area (Å²) in [7, 11) is 1.71. The maximum Gasteiger partial charge on any atom is 0.245 e. The van der Waals surface area contributed by atoms with Crippen LogP contribution in [0.5, 0.6) is 5.75 Å². The molecular formula is C27H31N3O3. The first kappa shape index (κ1) is 21.6. The van der Waals surface area contributed by atoms with Crippen LogP contribution in [-0.4, -0.2) is 52.8 Å². The molecule has 33 heavy (non-hydrogen) atoms. The molecule has 0 radical (unpaired) electrons. The molecule has 0 bridgehead atoms. The number of para-hydroxylation sites is 1. The van der Waals surface area contributed by atoms with Crippen LogP contribution < -0.4 is 4.74 Å². The Balaban J connectivity index is 1.72. The van der Waals surface area contributed by atoms with Crippen LogP contribution in [0.2, 0.25) is 0 Å². The maximum absolute atomic E-state index is 13.3. The van der Waals surface area contributed by atoms with E-state index in [1.165, 1.54) is 5.56 Å². The van der Waals surface area contributed by atoms with Crippen molar-refractivity contribution < 1.29 is 14.3 Å². The minimum Gasteiger partial charge on any atom is -0.494 e. The Kier molecular flexibility index (Phi) is 5.39. The van der Waals surface area contributed by atoms with Gasteiger partial charge in [0.15, 0.2) is 0 Å². The zero-order valence-corrected chi connectivity index (χ0v) is 19.7. The first-order chi connectivity index (χ1) is 15.9. The van der Waals surface area contributed by atoms with Crippen LogP contribution in [0.1, 0.15) is 61.5 Å². The van der Waals surface area contributed by atoms with E-state index in [2.05, 4.69) is 49.2 Å². The number of piperazine rings is 1. The van der Waals surface area contributed by atoms with E-state index in [9.17, 15) is 9.59 Å². The standard InChI is InChI=1S/C27H31N3O3/c1-5-16(3)18-12-11-17(13-23(18)33-6-2)26-25-20(19-9-7-8-10-21(19)28-25)14-22-27(32)29(4)15-24(31)30(22)26/h7-13,16,22,26,28H,5-6,14-15H2,1-4H3. The van der Waals surface area contributed by atoms with Crippen LogP contribution in [0.15, 0.2) is 42.5 Å². The van der Waals surface area contributed by atoms with Crippen LogP contribution >= 0.6 is 0 Å². The molecule has 6 heteroatoms. The molecule has 5 rings (SSSR count). The molecule has 3 unspecified atom stereocenters. The highest BCUT2D eigenvalue weighted by Gasteiger charge is 2.47. The molecule has 172 valence electrons. The number of rotatable bonds is 5. The average molecular weight is 446 g/mol. The molecule has 2 aromatic carbocycles. The summed E-state index contributed by atoms with van der Waals surface area (Å²) >= 11 is 0. The van der Waals surface area contributed by atoms with Crippen molar-refractivity contribution in [3.05, 3.63) is 64.8 Å². The number of carbonyl (C=O) groups is 2. The third kappa shape index (κ3) is 3.39. The highest BCUT2D eigenvalue weighted by molar-refractivity contribution is 5.97. The van der Waals surface area contributed by atoms with E-state index in [1.807, 2.05) is 19.1 Å². The number of hydrogen-bond donors (Lipinski definition) is 1. The minimum absolute atomic E-state index is 0.00297. The number of likely N-dealkylation sites (N-methyl/N-ethyl adjacent to an activating group) is 1. The fraction of sp³-hybridized carbons (Fsp3) is 0.407. The smallest absolute Gasteiger partial charge is 0.245 e. The number of ether oxygens (including phenoxy) is 1. The largest absolute Gasteiger partial charge is 0.494 e. The third-order valence-electron chi connectivity index (χ3n) is 7.25. The molecule has 2 aliphatic heterocycles. The fourth-order valence-corrected chi connectivity index (χ4v) is 5.38. The Labute approximate surface area is 194 Å². The quantitative estimate of drug-likeness (QED) is 0.633. The second-order valence-electron chi connectivity index (χ2n) is 9.22. The topological polar surface area (TPSA) is 65.6 Å². The Bertz CT molecular complexity index is 1230. The van der Waals surface area contributed by atoms with Gasteiger partial charge in [0.1, 0.15) is 11.8 Å². The number of aromatic nitrogens is 1. The number of amides is 2. The molecule has 2 aliphatic rings. The summed E-state index contributed by atoms with van der Waals surface area (Å²) in [5.74, 6) is 1.20. The predicted octanol–water partition coefficient (Wildman–Crippen LogP) is 4.39. The van der Waals surface area contributed by atoms with Gasteiger partial charge in [-0.1, -0.05) is 44.2 Å². The highest BCUT2D eigenvalue weighted by atomic mass is 16.5. The van der Waals surface area contributed by atoms with Gasteiger partial charge in [-0.05, 0) is 48.1 Å². The van der Waals surface area contributed by atoms with Crippen molar-refractivity contribution in [3.8, 4) is 5.75 Å². The number of nitrogens with one attached hydrogen (secondary N) is 1. The summed E-state index contributed by atoms with van der Waals surface area (Å²) in [5.41, 5.74) is 5.29. The maximum atomic E-state index is 13.3. The van der Waals surface area contributed by atoms with Crippen LogP contribution in [-0.2, 0) is 16.0 Å². The van der Waals surface area contributed by atoms with Crippen molar-refractivity contribution in [1.82, 2.24) is 14.8 Å². The number of H-pyrrole nitrogens is 1. The van der Waals surface area contributed by atoms with Crippen molar-refractivity contribution in [2.45, 2.75) is 51.6 Å². The molecule has 1 N–H and O–H groups in total. The molecule has 0 saturated carbocycles. The van der Waals surface area contributed by atoms with E-state index in [-0.39, 0.29) is 24.4 Å². The average Bonchev–Trinajstić information content (AvgIpc) is 3.19. The summed E-state index contributed by atoms with van der Waals surface area (Å²) in [6.07, 6.45) is 1.54. The molecule has 6 nitrogen and oxygen atoms in total. The van der Waals surface area contributed by atoms with Crippen LogP contribution in [0, 0.1) is 0 Å². The third-order valence-corrected chi connectivity index (χ3v) is 7.25. The number of fused-ring (bicyclic) bond motifs is 4. The second-order valence-corrected chi connectivity index (χ2v) is 9.22. The normalized spacial score (nSPS) is 21.2. The summed E-state index contributed by atoms with van der Waals surface area (Å²) in [6, 6.07) is 13.6. The van der Waals surface area contributed by atoms with Gasteiger partial charge in [0.05, 0.1) is 19.2 Å². The molecule has 1 fully saturated rings. The lowest BCUT2D eigenvalue weighted by Crippen LogP contribution is -2.62. The van der Waals surface area contributed by atoms with E-state index < -0.39 is 6.04 Å². The van der Waals surface area contributed by atoms with E-state index in [1.54, 1.807) is 16.8 Å². The zero-order chi connectivity index (χ0) is 23.3. The lowest BCUT2D eigenvalue weighted by atomic mass is 9.85.